The van der Waals surface area contributed by atoms with Crippen LogP contribution in [-0.2, 0) is 4.74 Å². The van der Waals surface area contributed by atoms with E-state index in [-0.39, 0.29) is 0 Å². The number of fused-ring (bicyclic) bond motifs is 1. The molecule has 0 atom stereocenters. The average molecular weight is 568 g/mol. The standard InChI is InChI=1S/C9H12N2O.C8H10N2O.C8H7NO.4C2H6/c1-3-10-8-6-4-5-7-11-9(8)12-2;1-3-9-8-7(11-2)5-4-6-10-8;1-6-9-7-4-2-3-5-8(7)10-6;4*1-2/h3,5-7H,4H2,1-2H3;3-6H,1-2H3;2-5H,1H3;4*1-2H3/b;9-3+;;;;;. The number of benzene rings is 1. The smallest absolute Gasteiger partial charge is 0.239 e. The molecule has 4 rings (SSSR count). The molecule has 3 aromatic rings. The van der Waals surface area contributed by atoms with Gasteiger partial charge in [-0.05, 0) is 50.6 Å². The number of nitrogens with zero attached hydrogens (tertiary/aromatic N) is 5. The maximum atomic E-state index is 5.26. The molecule has 0 fully saturated rings. The van der Waals surface area contributed by atoms with Crippen LogP contribution in [0.3, 0.4) is 0 Å². The molecule has 0 radical (unpaired) electrons. The molecule has 1 aliphatic rings. The van der Waals surface area contributed by atoms with Crippen molar-refractivity contribution in [3.8, 4) is 5.75 Å². The molecule has 0 unspecified atom stereocenters. The van der Waals surface area contributed by atoms with Crippen molar-refractivity contribution in [2.24, 2.45) is 15.0 Å². The number of oxazole rings is 1. The Bertz CT molecular complexity index is 1130. The third-order valence-electron chi connectivity index (χ3n) is 4.05. The van der Waals surface area contributed by atoms with E-state index in [1.807, 2.05) is 125 Å². The third-order valence-corrected chi connectivity index (χ3v) is 4.05. The van der Waals surface area contributed by atoms with Gasteiger partial charge in [0.1, 0.15) is 11.2 Å². The van der Waals surface area contributed by atoms with Gasteiger partial charge in [0.15, 0.2) is 23.0 Å². The number of para-hydroxylation sites is 2. The molecule has 0 N–H and O–H groups in total. The van der Waals surface area contributed by atoms with Crippen molar-refractivity contribution < 1.29 is 13.9 Å². The Kier molecular flexibility index (Phi) is 30.8. The minimum atomic E-state index is 0.571. The van der Waals surface area contributed by atoms with Crippen molar-refractivity contribution in [1.82, 2.24) is 9.97 Å². The number of pyridine rings is 1. The number of ether oxygens (including phenoxy) is 2. The lowest BCUT2D eigenvalue weighted by Gasteiger charge is -2.01. The van der Waals surface area contributed by atoms with Gasteiger partial charge in [0.2, 0.25) is 5.90 Å². The second-order valence-electron chi connectivity index (χ2n) is 6.35. The van der Waals surface area contributed by atoms with Crippen molar-refractivity contribution in [3.05, 3.63) is 72.5 Å². The third kappa shape index (κ3) is 18.0. The van der Waals surface area contributed by atoms with Crippen LogP contribution in [0.2, 0.25) is 0 Å². The van der Waals surface area contributed by atoms with E-state index in [9.17, 15) is 0 Å². The molecule has 0 spiro atoms. The van der Waals surface area contributed by atoms with E-state index in [1.54, 1.807) is 39.0 Å². The van der Waals surface area contributed by atoms with Crippen LogP contribution in [0.15, 0.2) is 86.0 Å². The minimum absolute atomic E-state index is 0.571. The molecule has 0 saturated heterocycles. The first-order valence-electron chi connectivity index (χ1n) is 14.4. The van der Waals surface area contributed by atoms with Crippen LogP contribution < -0.4 is 4.74 Å². The summed E-state index contributed by atoms with van der Waals surface area (Å²) in [5, 5.41) is 0. The summed E-state index contributed by atoms with van der Waals surface area (Å²) in [6.45, 7) is 21.6. The van der Waals surface area contributed by atoms with Crippen molar-refractivity contribution in [3.63, 3.8) is 0 Å². The zero-order valence-corrected chi connectivity index (χ0v) is 27.6. The fourth-order valence-corrected chi connectivity index (χ4v) is 2.67. The van der Waals surface area contributed by atoms with Crippen LogP contribution in [0.25, 0.3) is 11.1 Å². The van der Waals surface area contributed by atoms with Crippen molar-refractivity contribution in [1.29, 1.82) is 0 Å². The van der Waals surface area contributed by atoms with Gasteiger partial charge in [0, 0.05) is 31.7 Å². The largest absolute Gasteiger partial charge is 0.493 e. The van der Waals surface area contributed by atoms with E-state index in [0.29, 0.717) is 17.5 Å². The predicted molar refractivity (Wildman–Crippen MR) is 179 cm³/mol. The Morgan fingerprint density at radius 3 is 2.02 bits per heavy atom. The molecule has 41 heavy (non-hydrogen) atoms. The van der Waals surface area contributed by atoms with Gasteiger partial charge in [-0.3, -0.25) is 4.99 Å². The summed E-state index contributed by atoms with van der Waals surface area (Å²) in [4.78, 5) is 20.4. The van der Waals surface area contributed by atoms with E-state index in [4.69, 9.17) is 13.9 Å². The fourth-order valence-electron chi connectivity index (χ4n) is 2.67. The normalized spacial score (nSPS) is 11.0. The monoisotopic (exact) mass is 567 g/mol. The topological polar surface area (TPSA) is 94.5 Å². The van der Waals surface area contributed by atoms with E-state index < -0.39 is 0 Å². The first-order chi connectivity index (χ1) is 20.1. The quantitative estimate of drug-likeness (QED) is 0.293. The molecular formula is C33H53N5O3. The Balaban J connectivity index is -0.000000470. The molecule has 3 heterocycles. The number of hydrogen-bond donors (Lipinski definition) is 0. The van der Waals surface area contributed by atoms with Crippen LogP contribution in [0.1, 0.15) is 81.5 Å². The summed E-state index contributed by atoms with van der Waals surface area (Å²) < 4.78 is 15.3. The maximum absolute atomic E-state index is 5.26. The molecule has 0 bridgehead atoms. The molecular weight excluding hydrogens is 514 g/mol. The van der Waals surface area contributed by atoms with Crippen molar-refractivity contribution >= 4 is 35.2 Å². The van der Waals surface area contributed by atoms with E-state index in [0.717, 1.165) is 29.1 Å². The minimum Gasteiger partial charge on any atom is -0.493 e. The summed E-state index contributed by atoms with van der Waals surface area (Å²) in [5.74, 6) is 2.62. The predicted octanol–water partition coefficient (Wildman–Crippen LogP) is 9.98. The Labute approximate surface area is 249 Å². The van der Waals surface area contributed by atoms with Gasteiger partial charge in [0.25, 0.3) is 0 Å². The highest BCUT2D eigenvalue weighted by molar-refractivity contribution is 5.95. The first kappa shape index (κ1) is 41.4. The second kappa shape index (κ2) is 30.5. The summed E-state index contributed by atoms with van der Waals surface area (Å²) in [6.07, 6.45) is 11.6. The molecule has 1 aromatic carbocycles. The van der Waals surface area contributed by atoms with Crippen LogP contribution in [0.4, 0.5) is 5.82 Å². The number of hydrogen-bond acceptors (Lipinski definition) is 8. The lowest BCUT2D eigenvalue weighted by molar-refractivity contribution is 0.403. The van der Waals surface area contributed by atoms with Gasteiger partial charge >= 0.3 is 0 Å². The van der Waals surface area contributed by atoms with E-state index >= 15 is 0 Å². The summed E-state index contributed by atoms with van der Waals surface area (Å²) in [7, 11) is 3.20. The second-order valence-corrected chi connectivity index (χ2v) is 6.35. The van der Waals surface area contributed by atoms with Crippen LogP contribution in [0.5, 0.6) is 5.75 Å². The number of rotatable bonds is 3. The molecule has 228 valence electrons. The molecule has 2 aromatic heterocycles. The van der Waals surface area contributed by atoms with Gasteiger partial charge in [-0.1, -0.05) is 73.6 Å². The molecule has 1 aliphatic heterocycles. The highest BCUT2D eigenvalue weighted by Crippen LogP contribution is 2.22. The van der Waals surface area contributed by atoms with Gasteiger partial charge in [0.05, 0.1) is 14.2 Å². The van der Waals surface area contributed by atoms with Crippen LogP contribution in [0, 0.1) is 6.92 Å². The summed E-state index contributed by atoms with van der Waals surface area (Å²) in [6, 6.07) is 11.4. The lowest BCUT2D eigenvalue weighted by atomic mass is 10.3. The zero-order chi connectivity index (χ0) is 31.9. The number of aliphatic imine (C=N–C) groups is 3. The number of aryl methyl sites for hydroxylation is 1. The van der Waals surface area contributed by atoms with Crippen LogP contribution >= 0.6 is 0 Å². The van der Waals surface area contributed by atoms with Crippen LogP contribution in [-0.4, -0.2) is 42.5 Å². The molecule has 0 aliphatic carbocycles. The average Bonchev–Trinajstić information content (AvgIpc) is 3.28. The Morgan fingerprint density at radius 1 is 0.829 bits per heavy atom. The fraction of sp³-hybridized carbons (Fsp3) is 0.424. The number of methoxy groups -OCH3 is 2. The Hall–Kier alpha value is -4.07. The molecule has 8 nitrogen and oxygen atoms in total. The molecule has 0 saturated carbocycles. The maximum Gasteiger partial charge on any atom is 0.239 e. The SMILES string of the molecule is C/C=N/c1ncccc1OC.CC.CC.CC.CC.CC=NC1=CCC=CN=C1OC.Cc1nc2ccccc2o1. The first-order valence-corrected chi connectivity index (χ1v) is 14.4. The van der Waals surface area contributed by atoms with E-state index in [1.165, 1.54) is 0 Å². The highest BCUT2D eigenvalue weighted by atomic mass is 16.5. The zero-order valence-electron chi connectivity index (χ0n) is 27.6. The van der Waals surface area contributed by atoms with Crippen molar-refractivity contribution in [2.45, 2.75) is 82.6 Å². The van der Waals surface area contributed by atoms with Gasteiger partial charge in [-0.2, -0.15) is 0 Å². The number of aromatic nitrogens is 2. The summed E-state index contributed by atoms with van der Waals surface area (Å²) >= 11 is 0. The highest BCUT2D eigenvalue weighted by Gasteiger charge is 2.05. The number of allylic oxidation sites excluding steroid dienone is 2. The Morgan fingerprint density at radius 2 is 1.46 bits per heavy atom. The van der Waals surface area contributed by atoms with Gasteiger partial charge in [-0.25, -0.2) is 20.0 Å². The summed E-state index contributed by atoms with van der Waals surface area (Å²) in [5.41, 5.74) is 2.59. The lowest BCUT2D eigenvalue weighted by Crippen LogP contribution is -2.02. The molecule has 0 amide bonds. The van der Waals surface area contributed by atoms with Gasteiger partial charge in [-0.15, -0.1) is 0 Å². The van der Waals surface area contributed by atoms with Crippen molar-refractivity contribution in [2.75, 3.05) is 14.2 Å². The van der Waals surface area contributed by atoms with Gasteiger partial charge < -0.3 is 13.9 Å². The van der Waals surface area contributed by atoms with E-state index in [2.05, 4.69) is 24.9 Å². The molecule has 8 heteroatoms.